The lowest BCUT2D eigenvalue weighted by atomic mass is 10.2. The highest BCUT2D eigenvalue weighted by Gasteiger charge is 2.28. The Hall–Kier alpha value is -2.74. The van der Waals surface area contributed by atoms with Crippen molar-refractivity contribution in [3.8, 4) is 0 Å². The van der Waals surface area contributed by atoms with Crippen molar-refractivity contribution in [2.45, 2.75) is 26.0 Å². The van der Waals surface area contributed by atoms with E-state index in [-0.39, 0.29) is 6.04 Å². The zero-order valence-corrected chi connectivity index (χ0v) is 14.2. The normalized spacial score (nSPS) is 19.4. The van der Waals surface area contributed by atoms with Gasteiger partial charge < -0.3 is 19.3 Å². The van der Waals surface area contributed by atoms with Crippen molar-refractivity contribution in [1.82, 2.24) is 19.9 Å². The van der Waals surface area contributed by atoms with Gasteiger partial charge in [0.2, 0.25) is 5.65 Å². The van der Waals surface area contributed by atoms with Crippen molar-refractivity contribution in [3.63, 3.8) is 0 Å². The molecule has 4 rings (SSSR count). The monoisotopic (exact) mass is 340 g/mol. The lowest BCUT2D eigenvalue weighted by molar-refractivity contribution is 0.189. The molecule has 0 aromatic carbocycles. The maximum absolute atomic E-state index is 9.68. The van der Waals surface area contributed by atoms with Crippen LogP contribution in [0, 0.1) is 0 Å². The van der Waals surface area contributed by atoms with E-state index in [2.05, 4.69) is 36.7 Å². The molecule has 3 aromatic rings. The molecule has 0 bridgehead atoms. The average Bonchev–Trinajstić information content (AvgIpc) is 3.05. The molecule has 0 saturated carbocycles. The average molecular weight is 340 g/mol. The first-order valence-corrected chi connectivity index (χ1v) is 8.36. The maximum atomic E-state index is 9.68. The van der Waals surface area contributed by atoms with Crippen molar-refractivity contribution in [1.29, 1.82) is 0 Å². The number of piperazine rings is 1. The number of aliphatic hydroxyl groups is 1. The fourth-order valence-corrected chi connectivity index (χ4v) is 3.07. The van der Waals surface area contributed by atoms with Crippen LogP contribution in [0.5, 0.6) is 0 Å². The third-order valence-corrected chi connectivity index (χ3v) is 4.38. The van der Waals surface area contributed by atoms with E-state index in [1.165, 1.54) is 0 Å². The van der Waals surface area contributed by atoms with Crippen LogP contribution < -0.4 is 9.80 Å². The number of anilines is 2. The smallest absolute Gasteiger partial charge is 0.300 e. The molecular weight excluding hydrogens is 320 g/mol. The van der Waals surface area contributed by atoms with E-state index in [0.717, 1.165) is 25.5 Å². The molecule has 0 amide bonds. The molecule has 0 spiro atoms. The Balaban J connectivity index is 1.53. The van der Waals surface area contributed by atoms with Crippen LogP contribution in [0.4, 0.5) is 11.8 Å². The van der Waals surface area contributed by atoms with Gasteiger partial charge >= 0.3 is 0 Å². The highest BCUT2D eigenvalue weighted by atomic mass is 16.4. The summed E-state index contributed by atoms with van der Waals surface area (Å²) >= 11 is 0. The van der Waals surface area contributed by atoms with Crippen molar-refractivity contribution in [3.05, 3.63) is 36.4 Å². The van der Waals surface area contributed by atoms with E-state index < -0.39 is 6.10 Å². The van der Waals surface area contributed by atoms with E-state index in [1.807, 2.05) is 18.2 Å². The molecule has 4 heterocycles. The number of hydrogen-bond donors (Lipinski definition) is 1. The largest absolute Gasteiger partial charge is 0.422 e. The quantitative estimate of drug-likeness (QED) is 0.771. The topological polar surface area (TPSA) is 91.4 Å². The second-order valence-electron chi connectivity index (χ2n) is 6.26. The molecule has 2 atom stereocenters. The van der Waals surface area contributed by atoms with Gasteiger partial charge in [-0.2, -0.15) is 4.98 Å². The molecule has 3 aromatic heterocycles. The van der Waals surface area contributed by atoms with Crippen LogP contribution in [0.1, 0.15) is 25.8 Å². The molecule has 1 fully saturated rings. The summed E-state index contributed by atoms with van der Waals surface area (Å²) in [5.41, 5.74) is 1.33. The van der Waals surface area contributed by atoms with Crippen molar-refractivity contribution in [2.75, 3.05) is 29.4 Å². The second kappa shape index (κ2) is 6.29. The lowest BCUT2D eigenvalue weighted by Gasteiger charge is -2.39. The van der Waals surface area contributed by atoms with Crippen LogP contribution in [0.3, 0.4) is 0 Å². The van der Waals surface area contributed by atoms with Gasteiger partial charge in [-0.25, -0.2) is 15.0 Å². The molecule has 1 aliphatic rings. The minimum Gasteiger partial charge on any atom is -0.422 e. The number of aromatic nitrogens is 4. The van der Waals surface area contributed by atoms with Crippen molar-refractivity contribution >= 4 is 23.1 Å². The summed E-state index contributed by atoms with van der Waals surface area (Å²) < 4.78 is 5.84. The van der Waals surface area contributed by atoms with Crippen LogP contribution in [-0.2, 0) is 0 Å². The number of oxazole rings is 1. The van der Waals surface area contributed by atoms with Crippen molar-refractivity contribution in [2.24, 2.45) is 0 Å². The van der Waals surface area contributed by atoms with Gasteiger partial charge in [-0.3, -0.25) is 0 Å². The highest BCUT2D eigenvalue weighted by Crippen LogP contribution is 2.25. The first kappa shape index (κ1) is 15.8. The van der Waals surface area contributed by atoms with Gasteiger partial charge in [0.1, 0.15) is 11.9 Å². The number of nitrogens with zero attached hydrogens (tertiary/aromatic N) is 6. The Morgan fingerprint density at radius 2 is 2.08 bits per heavy atom. The number of rotatable bonds is 3. The summed E-state index contributed by atoms with van der Waals surface area (Å²) in [6, 6.07) is 6.39. The fraction of sp³-hybridized carbons (Fsp3) is 0.412. The number of pyridine rings is 1. The minimum absolute atomic E-state index is 0.201. The molecule has 8 heteroatoms. The summed E-state index contributed by atoms with van der Waals surface area (Å²) in [4.78, 5) is 21.6. The molecular formula is C17H20N6O2. The van der Waals surface area contributed by atoms with E-state index in [0.29, 0.717) is 23.1 Å². The number of hydrogen-bond acceptors (Lipinski definition) is 8. The van der Waals surface area contributed by atoms with Gasteiger partial charge in [0.15, 0.2) is 11.4 Å². The zero-order chi connectivity index (χ0) is 17.4. The summed E-state index contributed by atoms with van der Waals surface area (Å²) in [6.07, 6.45) is 2.73. The first-order chi connectivity index (χ1) is 12.1. The molecule has 1 aliphatic heterocycles. The molecule has 2 unspecified atom stereocenters. The van der Waals surface area contributed by atoms with E-state index in [1.54, 1.807) is 19.3 Å². The number of fused-ring (bicyclic) bond motifs is 1. The molecule has 25 heavy (non-hydrogen) atoms. The van der Waals surface area contributed by atoms with E-state index in [9.17, 15) is 5.11 Å². The Labute approximate surface area is 145 Å². The molecule has 0 aliphatic carbocycles. The Bertz CT molecular complexity index is 847. The molecule has 8 nitrogen and oxygen atoms in total. The summed E-state index contributed by atoms with van der Waals surface area (Å²) in [5, 5.41) is 9.68. The van der Waals surface area contributed by atoms with Crippen LogP contribution >= 0.6 is 0 Å². The summed E-state index contributed by atoms with van der Waals surface area (Å²) in [7, 11) is 0. The van der Waals surface area contributed by atoms with Gasteiger partial charge in [-0.05, 0) is 32.0 Å². The zero-order valence-electron chi connectivity index (χ0n) is 14.2. The lowest BCUT2D eigenvalue weighted by Crippen LogP contribution is -2.52. The van der Waals surface area contributed by atoms with Crippen LogP contribution in [-0.4, -0.2) is 50.7 Å². The van der Waals surface area contributed by atoms with E-state index in [4.69, 9.17) is 4.42 Å². The molecule has 1 saturated heterocycles. The van der Waals surface area contributed by atoms with Crippen LogP contribution in [0.2, 0.25) is 0 Å². The fourth-order valence-electron chi connectivity index (χ4n) is 3.07. The first-order valence-electron chi connectivity index (χ1n) is 8.36. The standard InChI is InChI=1S/C17H20N6O2/c1-11-10-22(14-5-7-19-15(20-14)12(2)24)8-9-23(11)17-21-16-13(25-17)4-3-6-18-16/h3-7,11-12,24H,8-10H2,1-2H3. The third kappa shape index (κ3) is 3.00. The minimum atomic E-state index is -0.675. The van der Waals surface area contributed by atoms with Gasteiger partial charge in [-0.1, -0.05) is 0 Å². The molecule has 1 N–H and O–H groups in total. The predicted molar refractivity (Wildman–Crippen MR) is 93.5 cm³/mol. The predicted octanol–water partition coefficient (Wildman–Crippen LogP) is 1.78. The van der Waals surface area contributed by atoms with Crippen LogP contribution in [0.15, 0.2) is 35.0 Å². The van der Waals surface area contributed by atoms with Gasteiger partial charge in [-0.15, -0.1) is 0 Å². The van der Waals surface area contributed by atoms with E-state index >= 15 is 0 Å². The Morgan fingerprint density at radius 3 is 2.84 bits per heavy atom. The van der Waals surface area contributed by atoms with Crippen molar-refractivity contribution < 1.29 is 9.52 Å². The highest BCUT2D eigenvalue weighted by molar-refractivity contribution is 5.69. The third-order valence-electron chi connectivity index (χ3n) is 4.38. The van der Waals surface area contributed by atoms with Gasteiger partial charge in [0.05, 0.1) is 0 Å². The summed E-state index contributed by atoms with van der Waals surface area (Å²) in [5.74, 6) is 1.27. The van der Waals surface area contributed by atoms with Gasteiger partial charge in [0.25, 0.3) is 6.01 Å². The Morgan fingerprint density at radius 1 is 1.20 bits per heavy atom. The molecule has 0 radical (unpaired) electrons. The summed E-state index contributed by atoms with van der Waals surface area (Å²) in [6.45, 7) is 6.13. The maximum Gasteiger partial charge on any atom is 0.300 e. The Kier molecular flexibility index (Phi) is 3.96. The second-order valence-corrected chi connectivity index (χ2v) is 6.26. The van der Waals surface area contributed by atoms with Gasteiger partial charge in [0, 0.05) is 38.1 Å². The number of aliphatic hydroxyl groups excluding tert-OH is 1. The SMILES string of the molecule is CC(O)c1nccc(N2CCN(c3nc4ncccc4o3)C(C)C2)n1. The molecule has 130 valence electrons. The van der Waals surface area contributed by atoms with Crippen LogP contribution in [0.25, 0.3) is 11.2 Å².